The highest BCUT2D eigenvalue weighted by atomic mass is 32.1. The van der Waals surface area contributed by atoms with Gasteiger partial charge in [-0.05, 0) is 46.7 Å². The first kappa shape index (κ1) is 11.9. The molecule has 3 heterocycles. The molecule has 94 valence electrons. The molecule has 0 bridgehead atoms. The molecule has 2 aromatic heterocycles. The molecule has 0 spiro atoms. The SMILES string of the molecule is O=C(Cc1cccs1)N1CCCC1c1ccsc1. The number of rotatable bonds is 3. The number of thiophene rings is 2. The normalized spacial score (nSPS) is 19.3. The summed E-state index contributed by atoms with van der Waals surface area (Å²) in [6.45, 7) is 0.907. The minimum absolute atomic E-state index is 0.270. The van der Waals surface area contributed by atoms with Gasteiger partial charge in [-0.15, -0.1) is 11.3 Å². The second kappa shape index (κ2) is 5.24. The Morgan fingerprint density at radius 1 is 1.39 bits per heavy atom. The molecule has 1 fully saturated rings. The van der Waals surface area contributed by atoms with Crippen LogP contribution in [0.2, 0.25) is 0 Å². The second-order valence-corrected chi connectivity index (χ2v) is 6.37. The Kier molecular flexibility index (Phi) is 3.48. The first-order chi connectivity index (χ1) is 8.84. The van der Waals surface area contributed by atoms with E-state index in [0.29, 0.717) is 12.5 Å². The average molecular weight is 277 g/mol. The van der Waals surface area contributed by atoms with Crippen LogP contribution in [0, 0.1) is 0 Å². The lowest BCUT2D eigenvalue weighted by Gasteiger charge is -2.24. The molecule has 4 heteroatoms. The van der Waals surface area contributed by atoms with Crippen LogP contribution in [0.5, 0.6) is 0 Å². The maximum Gasteiger partial charge on any atom is 0.228 e. The first-order valence-electron chi connectivity index (χ1n) is 6.18. The summed E-state index contributed by atoms with van der Waals surface area (Å²) in [6, 6.07) is 6.50. The molecular weight excluding hydrogens is 262 g/mol. The second-order valence-electron chi connectivity index (χ2n) is 4.56. The van der Waals surface area contributed by atoms with Crippen molar-refractivity contribution < 1.29 is 4.79 Å². The van der Waals surface area contributed by atoms with Crippen LogP contribution in [-0.4, -0.2) is 17.4 Å². The van der Waals surface area contributed by atoms with Crippen LogP contribution in [0.4, 0.5) is 0 Å². The lowest BCUT2D eigenvalue weighted by atomic mass is 10.1. The van der Waals surface area contributed by atoms with Gasteiger partial charge in [0.05, 0.1) is 12.5 Å². The van der Waals surface area contributed by atoms with E-state index in [1.807, 2.05) is 17.5 Å². The fourth-order valence-electron chi connectivity index (χ4n) is 2.54. The van der Waals surface area contributed by atoms with E-state index in [2.05, 4.69) is 21.7 Å². The lowest BCUT2D eigenvalue weighted by molar-refractivity contribution is -0.131. The maximum atomic E-state index is 12.4. The monoisotopic (exact) mass is 277 g/mol. The summed E-state index contributed by atoms with van der Waals surface area (Å²) in [6.07, 6.45) is 2.78. The quantitative estimate of drug-likeness (QED) is 0.837. The molecule has 0 radical (unpaired) electrons. The number of carbonyl (C=O) groups is 1. The first-order valence-corrected chi connectivity index (χ1v) is 8.01. The van der Waals surface area contributed by atoms with Gasteiger partial charge < -0.3 is 4.90 Å². The summed E-state index contributed by atoms with van der Waals surface area (Å²) in [5.74, 6) is 0.270. The number of likely N-dealkylation sites (tertiary alicyclic amines) is 1. The molecule has 1 atom stereocenters. The third kappa shape index (κ3) is 2.35. The van der Waals surface area contributed by atoms with E-state index in [9.17, 15) is 4.79 Å². The molecule has 1 unspecified atom stereocenters. The largest absolute Gasteiger partial charge is 0.335 e. The zero-order valence-electron chi connectivity index (χ0n) is 10.0. The highest BCUT2D eigenvalue weighted by Crippen LogP contribution is 2.33. The third-order valence-electron chi connectivity index (χ3n) is 3.41. The molecule has 0 saturated carbocycles. The lowest BCUT2D eigenvalue weighted by Crippen LogP contribution is -2.31. The van der Waals surface area contributed by atoms with Crippen molar-refractivity contribution in [3.63, 3.8) is 0 Å². The van der Waals surface area contributed by atoms with Crippen molar-refractivity contribution in [3.05, 3.63) is 44.8 Å². The van der Waals surface area contributed by atoms with E-state index < -0.39 is 0 Å². The molecule has 2 nitrogen and oxygen atoms in total. The van der Waals surface area contributed by atoms with Crippen LogP contribution in [0.3, 0.4) is 0 Å². The Hall–Kier alpha value is -1.13. The van der Waals surface area contributed by atoms with Crippen LogP contribution in [0.25, 0.3) is 0 Å². The van der Waals surface area contributed by atoms with Crippen molar-refractivity contribution >= 4 is 28.6 Å². The molecule has 2 aromatic rings. The van der Waals surface area contributed by atoms with Gasteiger partial charge in [0.1, 0.15) is 0 Å². The van der Waals surface area contributed by atoms with E-state index in [1.165, 1.54) is 5.56 Å². The Labute approximate surface area is 115 Å². The van der Waals surface area contributed by atoms with Crippen molar-refractivity contribution in [2.24, 2.45) is 0 Å². The molecule has 0 aliphatic carbocycles. The summed E-state index contributed by atoms with van der Waals surface area (Å²) < 4.78 is 0. The summed E-state index contributed by atoms with van der Waals surface area (Å²) in [7, 11) is 0. The van der Waals surface area contributed by atoms with Gasteiger partial charge in [-0.1, -0.05) is 6.07 Å². The Morgan fingerprint density at radius 2 is 2.33 bits per heavy atom. The number of hydrogen-bond donors (Lipinski definition) is 0. The van der Waals surface area contributed by atoms with Gasteiger partial charge in [0.15, 0.2) is 0 Å². The number of hydrogen-bond acceptors (Lipinski definition) is 3. The van der Waals surface area contributed by atoms with Crippen LogP contribution in [0.1, 0.15) is 29.3 Å². The average Bonchev–Trinajstić information content (AvgIpc) is 3.11. The molecule has 3 rings (SSSR count). The van der Waals surface area contributed by atoms with E-state index in [1.54, 1.807) is 22.7 Å². The smallest absolute Gasteiger partial charge is 0.228 e. The summed E-state index contributed by atoms with van der Waals surface area (Å²) in [5.41, 5.74) is 1.30. The van der Waals surface area contributed by atoms with Gasteiger partial charge in [0.2, 0.25) is 5.91 Å². The van der Waals surface area contributed by atoms with Crippen LogP contribution in [-0.2, 0) is 11.2 Å². The molecular formula is C14H15NOS2. The summed E-state index contributed by atoms with van der Waals surface area (Å²) >= 11 is 3.37. The zero-order chi connectivity index (χ0) is 12.4. The van der Waals surface area contributed by atoms with Crippen molar-refractivity contribution in [2.75, 3.05) is 6.54 Å². The number of amides is 1. The van der Waals surface area contributed by atoms with Gasteiger partial charge in [-0.2, -0.15) is 11.3 Å². The summed E-state index contributed by atoms with van der Waals surface area (Å²) in [5, 5.41) is 6.29. The minimum Gasteiger partial charge on any atom is -0.335 e. The van der Waals surface area contributed by atoms with Gasteiger partial charge in [0.25, 0.3) is 0 Å². The zero-order valence-corrected chi connectivity index (χ0v) is 11.7. The standard InChI is InChI=1S/C14H15NOS2/c16-14(9-12-3-2-7-18-12)15-6-1-4-13(15)11-5-8-17-10-11/h2-3,5,7-8,10,13H,1,4,6,9H2. The maximum absolute atomic E-state index is 12.4. The van der Waals surface area contributed by atoms with Crippen molar-refractivity contribution in [2.45, 2.75) is 25.3 Å². The molecule has 1 saturated heterocycles. The van der Waals surface area contributed by atoms with Crippen molar-refractivity contribution in [1.29, 1.82) is 0 Å². The highest BCUT2D eigenvalue weighted by Gasteiger charge is 2.29. The van der Waals surface area contributed by atoms with Gasteiger partial charge in [-0.25, -0.2) is 0 Å². The molecule has 1 amide bonds. The third-order valence-corrected chi connectivity index (χ3v) is 4.98. The Bertz CT molecular complexity index is 504. The fourth-order valence-corrected chi connectivity index (χ4v) is 3.94. The van der Waals surface area contributed by atoms with Gasteiger partial charge in [0, 0.05) is 11.4 Å². The molecule has 0 aromatic carbocycles. The molecule has 1 aliphatic rings. The Balaban J connectivity index is 1.73. The van der Waals surface area contributed by atoms with E-state index in [-0.39, 0.29) is 5.91 Å². The molecule has 1 aliphatic heterocycles. The van der Waals surface area contributed by atoms with Crippen molar-refractivity contribution in [1.82, 2.24) is 4.90 Å². The van der Waals surface area contributed by atoms with Gasteiger partial charge >= 0.3 is 0 Å². The highest BCUT2D eigenvalue weighted by molar-refractivity contribution is 7.10. The van der Waals surface area contributed by atoms with E-state index >= 15 is 0 Å². The fraction of sp³-hybridized carbons (Fsp3) is 0.357. The van der Waals surface area contributed by atoms with Crippen molar-refractivity contribution in [3.8, 4) is 0 Å². The topological polar surface area (TPSA) is 20.3 Å². The number of carbonyl (C=O) groups excluding carboxylic acids is 1. The minimum atomic E-state index is 0.270. The van der Waals surface area contributed by atoms with Crippen LogP contribution < -0.4 is 0 Å². The van der Waals surface area contributed by atoms with E-state index in [4.69, 9.17) is 0 Å². The van der Waals surface area contributed by atoms with Gasteiger partial charge in [-0.3, -0.25) is 4.79 Å². The molecule has 0 N–H and O–H groups in total. The molecule has 18 heavy (non-hydrogen) atoms. The predicted molar refractivity (Wildman–Crippen MR) is 76.0 cm³/mol. The van der Waals surface area contributed by atoms with Crippen LogP contribution >= 0.6 is 22.7 Å². The van der Waals surface area contributed by atoms with Crippen LogP contribution in [0.15, 0.2) is 34.3 Å². The Morgan fingerprint density at radius 3 is 3.06 bits per heavy atom. The number of nitrogens with zero attached hydrogens (tertiary/aromatic N) is 1. The predicted octanol–water partition coefficient (Wildman–Crippen LogP) is 3.72. The van der Waals surface area contributed by atoms with E-state index in [0.717, 1.165) is 24.3 Å². The summed E-state index contributed by atoms with van der Waals surface area (Å²) in [4.78, 5) is 15.6.